The van der Waals surface area contributed by atoms with E-state index in [-0.39, 0.29) is 11.5 Å². The van der Waals surface area contributed by atoms with E-state index in [0.29, 0.717) is 36.8 Å². The summed E-state index contributed by atoms with van der Waals surface area (Å²) >= 11 is 0. The van der Waals surface area contributed by atoms with Crippen LogP contribution in [0.5, 0.6) is 11.5 Å². The first-order valence-electron chi connectivity index (χ1n) is 8.86. The molecule has 0 saturated carbocycles. The average Bonchev–Trinajstić information content (AvgIpc) is 3.00. The standard InChI is InChI=1S/C21H20FNO4/c1-25-10-4-9-23-12-16-18(26-13-23)8-7-15-20(24)19(27-21(15)16)11-14-5-2-3-6-17(14)22/h2-3,5-8,11H,4,9-10,12-13H2,1H3/b19-11-. The Morgan fingerprint density at radius 2 is 2.11 bits per heavy atom. The number of hydrogen-bond donors (Lipinski definition) is 0. The van der Waals surface area contributed by atoms with E-state index < -0.39 is 5.82 Å². The molecular weight excluding hydrogens is 349 g/mol. The fraction of sp³-hybridized carbons (Fsp3) is 0.286. The van der Waals surface area contributed by atoms with E-state index in [1.54, 1.807) is 37.4 Å². The molecule has 5 nitrogen and oxygen atoms in total. The lowest BCUT2D eigenvalue weighted by molar-refractivity contribution is 0.0823. The van der Waals surface area contributed by atoms with Crippen LogP contribution >= 0.6 is 0 Å². The molecule has 2 aromatic carbocycles. The Hall–Kier alpha value is -2.70. The maximum Gasteiger partial charge on any atom is 0.231 e. The highest BCUT2D eigenvalue weighted by Crippen LogP contribution is 2.42. The number of Topliss-reactive ketones (excluding diaryl/α,β-unsaturated/α-hetero) is 1. The van der Waals surface area contributed by atoms with Gasteiger partial charge in [-0.3, -0.25) is 9.69 Å². The maximum atomic E-state index is 13.9. The molecule has 2 aromatic rings. The van der Waals surface area contributed by atoms with Crippen LogP contribution in [0.25, 0.3) is 6.08 Å². The van der Waals surface area contributed by atoms with E-state index in [9.17, 15) is 9.18 Å². The summed E-state index contributed by atoms with van der Waals surface area (Å²) in [5.41, 5.74) is 1.65. The number of rotatable bonds is 5. The van der Waals surface area contributed by atoms with E-state index in [2.05, 4.69) is 4.90 Å². The van der Waals surface area contributed by atoms with Crippen LogP contribution in [0.4, 0.5) is 4.39 Å². The fourth-order valence-corrected chi connectivity index (χ4v) is 3.31. The molecule has 0 aliphatic carbocycles. The number of nitrogens with zero attached hydrogens (tertiary/aromatic N) is 1. The van der Waals surface area contributed by atoms with Crippen LogP contribution in [-0.4, -0.2) is 37.7 Å². The number of methoxy groups -OCH3 is 1. The third-order valence-electron chi connectivity index (χ3n) is 4.70. The van der Waals surface area contributed by atoms with E-state index in [4.69, 9.17) is 14.2 Å². The molecule has 0 amide bonds. The fourth-order valence-electron chi connectivity index (χ4n) is 3.31. The van der Waals surface area contributed by atoms with Crippen molar-refractivity contribution >= 4 is 11.9 Å². The molecule has 27 heavy (non-hydrogen) atoms. The molecule has 0 N–H and O–H groups in total. The first kappa shape index (κ1) is 17.7. The number of hydrogen-bond acceptors (Lipinski definition) is 5. The number of halogens is 1. The first-order chi connectivity index (χ1) is 13.2. The molecule has 0 spiro atoms. The van der Waals surface area contributed by atoms with Crippen LogP contribution < -0.4 is 9.47 Å². The molecule has 0 fully saturated rings. The molecule has 0 saturated heterocycles. The molecule has 4 rings (SSSR count). The predicted octanol–water partition coefficient (Wildman–Crippen LogP) is 3.63. The number of ketones is 1. The Morgan fingerprint density at radius 1 is 1.26 bits per heavy atom. The number of benzene rings is 2. The zero-order valence-electron chi connectivity index (χ0n) is 15.0. The van der Waals surface area contributed by atoms with Crippen LogP contribution in [0.3, 0.4) is 0 Å². The lowest BCUT2D eigenvalue weighted by Crippen LogP contribution is -2.33. The zero-order chi connectivity index (χ0) is 18.8. The summed E-state index contributed by atoms with van der Waals surface area (Å²) in [6.45, 7) is 2.62. The molecule has 2 heterocycles. The van der Waals surface area contributed by atoms with Crippen LogP contribution in [0.1, 0.15) is 27.9 Å². The molecule has 0 bridgehead atoms. The average molecular weight is 369 g/mol. The van der Waals surface area contributed by atoms with Crippen LogP contribution in [0.2, 0.25) is 0 Å². The van der Waals surface area contributed by atoms with Gasteiger partial charge in [-0.15, -0.1) is 0 Å². The van der Waals surface area contributed by atoms with Gasteiger partial charge in [0.2, 0.25) is 5.78 Å². The van der Waals surface area contributed by atoms with Crippen molar-refractivity contribution in [2.24, 2.45) is 0 Å². The quantitative estimate of drug-likeness (QED) is 0.595. The first-order valence-corrected chi connectivity index (χ1v) is 8.86. The summed E-state index contributed by atoms with van der Waals surface area (Å²) < 4.78 is 30.7. The van der Waals surface area contributed by atoms with Crippen molar-refractivity contribution in [2.45, 2.75) is 13.0 Å². The summed E-state index contributed by atoms with van der Waals surface area (Å²) in [6.07, 6.45) is 2.34. The van der Waals surface area contributed by atoms with Crippen LogP contribution in [0, 0.1) is 5.82 Å². The maximum absolute atomic E-state index is 13.9. The van der Waals surface area contributed by atoms with Gasteiger partial charge < -0.3 is 14.2 Å². The number of allylic oxidation sites excluding steroid dienone is 1. The highest BCUT2D eigenvalue weighted by atomic mass is 19.1. The second-order valence-electron chi connectivity index (χ2n) is 6.55. The summed E-state index contributed by atoms with van der Waals surface area (Å²) in [5.74, 6) is 0.716. The van der Waals surface area contributed by atoms with Crippen molar-refractivity contribution in [1.82, 2.24) is 4.90 Å². The van der Waals surface area contributed by atoms with Gasteiger partial charge in [-0.1, -0.05) is 18.2 Å². The van der Waals surface area contributed by atoms with E-state index in [1.807, 2.05) is 0 Å². The predicted molar refractivity (Wildman–Crippen MR) is 98.2 cm³/mol. The summed E-state index contributed by atoms with van der Waals surface area (Å²) in [4.78, 5) is 14.8. The van der Waals surface area contributed by atoms with Crippen molar-refractivity contribution in [2.75, 3.05) is 27.0 Å². The normalized spacial score (nSPS) is 17.4. The second-order valence-corrected chi connectivity index (χ2v) is 6.55. The molecule has 2 aliphatic heterocycles. The van der Waals surface area contributed by atoms with Crippen LogP contribution in [0.15, 0.2) is 42.2 Å². The van der Waals surface area contributed by atoms with Gasteiger partial charge in [-0.25, -0.2) is 4.39 Å². The van der Waals surface area contributed by atoms with Gasteiger partial charge in [0.1, 0.15) is 24.0 Å². The summed E-state index contributed by atoms with van der Waals surface area (Å²) in [5, 5.41) is 0. The Kier molecular flexibility index (Phi) is 4.92. The molecule has 6 heteroatoms. The number of carbonyl (C=O) groups excluding carboxylic acids is 1. The third kappa shape index (κ3) is 3.46. The topological polar surface area (TPSA) is 48.0 Å². The minimum absolute atomic E-state index is 0.125. The third-order valence-corrected chi connectivity index (χ3v) is 4.70. The molecule has 140 valence electrons. The Balaban J connectivity index is 1.61. The Labute approximate surface area is 156 Å². The van der Waals surface area contributed by atoms with Gasteiger partial charge in [0.15, 0.2) is 5.76 Å². The number of fused-ring (bicyclic) bond motifs is 3. The molecule has 2 aliphatic rings. The lowest BCUT2D eigenvalue weighted by atomic mass is 10.0. The molecule has 0 aromatic heterocycles. The minimum atomic E-state index is -0.396. The number of carbonyl (C=O) groups is 1. The van der Waals surface area contributed by atoms with E-state index in [1.165, 1.54) is 12.1 Å². The smallest absolute Gasteiger partial charge is 0.231 e. The molecule has 0 atom stereocenters. The summed E-state index contributed by atoms with van der Waals surface area (Å²) in [6, 6.07) is 9.79. The largest absolute Gasteiger partial charge is 0.478 e. The summed E-state index contributed by atoms with van der Waals surface area (Å²) in [7, 11) is 1.68. The second kappa shape index (κ2) is 7.50. The van der Waals surface area contributed by atoms with E-state index in [0.717, 1.165) is 24.3 Å². The minimum Gasteiger partial charge on any atom is -0.478 e. The van der Waals surface area contributed by atoms with Gasteiger partial charge in [0.05, 0.1) is 11.1 Å². The molecular formula is C21H20FNO4. The van der Waals surface area contributed by atoms with Gasteiger partial charge in [-0.05, 0) is 30.7 Å². The zero-order valence-corrected chi connectivity index (χ0v) is 15.0. The van der Waals surface area contributed by atoms with Crippen molar-refractivity contribution < 1.29 is 23.4 Å². The van der Waals surface area contributed by atoms with Crippen molar-refractivity contribution in [1.29, 1.82) is 0 Å². The Morgan fingerprint density at radius 3 is 2.93 bits per heavy atom. The van der Waals surface area contributed by atoms with Crippen molar-refractivity contribution in [3.63, 3.8) is 0 Å². The SMILES string of the molecule is COCCCN1COc2ccc3c(c2C1)O/C(=C\c1ccccc1F)C3=O. The molecule has 0 unspecified atom stereocenters. The monoisotopic (exact) mass is 369 g/mol. The van der Waals surface area contributed by atoms with Gasteiger partial charge in [0, 0.05) is 32.4 Å². The van der Waals surface area contributed by atoms with Gasteiger partial charge in [0.25, 0.3) is 0 Å². The number of ether oxygens (including phenoxy) is 3. The van der Waals surface area contributed by atoms with E-state index >= 15 is 0 Å². The van der Waals surface area contributed by atoms with Crippen molar-refractivity contribution in [3.8, 4) is 11.5 Å². The highest BCUT2D eigenvalue weighted by Gasteiger charge is 2.33. The Bertz CT molecular complexity index is 909. The van der Waals surface area contributed by atoms with Crippen molar-refractivity contribution in [3.05, 3.63) is 64.7 Å². The molecule has 0 radical (unpaired) electrons. The van der Waals surface area contributed by atoms with Gasteiger partial charge >= 0.3 is 0 Å². The highest BCUT2D eigenvalue weighted by molar-refractivity contribution is 6.15. The van der Waals surface area contributed by atoms with Gasteiger partial charge in [-0.2, -0.15) is 0 Å². The van der Waals surface area contributed by atoms with Crippen LogP contribution in [-0.2, 0) is 11.3 Å². The lowest BCUT2D eigenvalue weighted by Gasteiger charge is -2.29.